The lowest BCUT2D eigenvalue weighted by Crippen LogP contribution is -2.55. The van der Waals surface area contributed by atoms with Gasteiger partial charge in [0.2, 0.25) is 5.91 Å². The first-order chi connectivity index (χ1) is 20.4. The molecule has 0 spiro atoms. The number of hydrogen-bond donors (Lipinski definition) is 2. The summed E-state index contributed by atoms with van der Waals surface area (Å²) in [5.41, 5.74) is 1.73. The van der Waals surface area contributed by atoms with Gasteiger partial charge in [-0.2, -0.15) is 0 Å². The lowest BCUT2D eigenvalue weighted by molar-refractivity contribution is -0.155. The quantitative estimate of drug-likeness (QED) is 0.419. The number of anilines is 1. The van der Waals surface area contributed by atoms with Crippen LogP contribution in [0.25, 0.3) is 11.3 Å². The predicted molar refractivity (Wildman–Crippen MR) is 160 cm³/mol. The zero-order chi connectivity index (χ0) is 31.1. The van der Waals surface area contributed by atoms with Crippen LogP contribution in [0.5, 0.6) is 0 Å². The average molecular weight is 596 g/mol. The van der Waals surface area contributed by atoms with Crippen LogP contribution >= 0.6 is 0 Å². The predicted octanol–water partition coefficient (Wildman–Crippen LogP) is 3.02. The number of carbonyl (C=O) groups is 4. The number of carbonyl (C=O) groups excluding carboxylic acids is 3. The van der Waals surface area contributed by atoms with E-state index in [2.05, 4.69) is 15.2 Å². The zero-order valence-corrected chi connectivity index (χ0v) is 25.2. The van der Waals surface area contributed by atoms with Crippen LogP contribution in [-0.2, 0) is 19.1 Å². The molecule has 12 heteroatoms. The Morgan fingerprint density at radius 1 is 1.02 bits per heavy atom. The number of carboxylic acid groups (broad SMARTS) is 1. The van der Waals surface area contributed by atoms with E-state index in [-0.39, 0.29) is 56.7 Å². The fraction of sp³-hybridized carbons (Fsp3) is 0.516. The summed E-state index contributed by atoms with van der Waals surface area (Å²) in [6.07, 6.45) is -0.167. The van der Waals surface area contributed by atoms with E-state index in [4.69, 9.17) is 9.47 Å². The maximum absolute atomic E-state index is 13.7. The van der Waals surface area contributed by atoms with E-state index in [0.29, 0.717) is 12.2 Å². The van der Waals surface area contributed by atoms with Crippen LogP contribution in [0.2, 0.25) is 0 Å². The molecule has 4 rings (SSSR count). The molecule has 0 unspecified atom stereocenters. The summed E-state index contributed by atoms with van der Waals surface area (Å²) in [6.45, 7) is 7.41. The van der Waals surface area contributed by atoms with E-state index >= 15 is 0 Å². The minimum Gasteiger partial charge on any atom is -0.465 e. The van der Waals surface area contributed by atoms with Crippen molar-refractivity contribution in [2.75, 3.05) is 51.3 Å². The largest absolute Gasteiger partial charge is 0.465 e. The summed E-state index contributed by atoms with van der Waals surface area (Å²) >= 11 is 0. The molecule has 2 atom stereocenters. The highest BCUT2D eigenvalue weighted by atomic mass is 16.6. The van der Waals surface area contributed by atoms with Crippen LogP contribution in [0.3, 0.4) is 0 Å². The number of amides is 3. The second-order valence-corrected chi connectivity index (χ2v) is 11.8. The molecule has 2 fully saturated rings. The molecule has 2 aromatic rings. The molecule has 12 nitrogen and oxygen atoms in total. The first kappa shape index (κ1) is 31.7. The van der Waals surface area contributed by atoms with E-state index in [0.717, 1.165) is 24.2 Å². The van der Waals surface area contributed by atoms with E-state index in [1.165, 1.54) is 9.80 Å². The number of nitrogens with one attached hydrogen (secondary N) is 1. The molecule has 2 aliphatic rings. The molecule has 2 N–H and O–H groups in total. The first-order valence-corrected chi connectivity index (χ1v) is 14.6. The Hall–Kier alpha value is -4.19. The van der Waals surface area contributed by atoms with Gasteiger partial charge in [-0.05, 0) is 45.7 Å². The molecule has 3 heterocycles. The van der Waals surface area contributed by atoms with E-state index in [9.17, 15) is 24.3 Å². The third-order valence-electron chi connectivity index (χ3n) is 7.48. The van der Waals surface area contributed by atoms with E-state index in [1.807, 2.05) is 36.4 Å². The number of pyridine rings is 1. The van der Waals surface area contributed by atoms with Gasteiger partial charge in [0.1, 0.15) is 17.3 Å². The van der Waals surface area contributed by atoms with Crippen molar-refractivity contribution in [1.29, 1.82) is 0 Å². The van der Waals surface area contributed by atoms with Gasteiger partial charge in [0, 0.05) is 64.0 Å². The minimum atomic E-state index is -1.04. The topological polar surface area (TPSA) is 142 Å². The Balaban J connectivity index is 1.58. The highest BCUT2D eigenvalue weighted by molar-refractivity contribution is 5.97. The molecule has 232 valence electrons. The van der Waals surface area contributed by atoms with Crippen molar-refractivity contribution in [3.8, 4) is 11.3 Å². The highest BCUT2D eigenvalue weighted by Crippen LogP contribution is 2.28. The molecule has 0 saturated carbocycles. The van der Waals surface area contributed by atoms with Crippen molar-refractivity contribution in [1.82, 2.24) is 20.1 Å². The minimum absolute atomic E-state index is 0.0194. The van der Waals surface area contributed by atoms with Crippen molar-refractivity contribution in [3.63, 3.8) is 0 Å². The van der Waals surface area contributed by atoms with Gasteiger partial charge in [-0.1, -0.05) is 30.3 Å². The van der Waals surface area contributed by atoms with Gasteiger partial charge in [-0.15, -0.1) is 0 Å². The second kappa shape index (κ2) is 13.9. The molecule has 2 aliphatic heterocycles. The number of rotatable bonds is 9. The summed E-state index contributed by atoms with van der Waals surface area (Å²) in [6, 6.07) is 12.1. The van der Waals surface area contributed by atoms with Crippen molar-refractivity contribution < 1.29 is 33.8 Å². The second-order valence-electron chi connectivity index (χ2n) is 11.8. The fourth-order valence-corrected chi connectivity index (χ4v) is 5.21. The number of hydrogen-bond acceptors (Lipinski definition) is 8. The average Bonchev–Trinajstić information content (AvgIpc) is 3.48. The van der Waals surface area contributed by atoms with Crippen LogP contribution in [0, 0.1) is 0 Å². The molecule has 43 heavy (non-hydrogen) atoms. The Morgan fingerprint density at radius 3 is 2.30 bits per heavy atom. The van der Waals surface area contributed by atoms with Gasteiger partial charge in [0.15, 0.2) is 0 Å². The summed E-state index contributed by atoms with van der Waals surface area (Å²) < 4.78 is 11.0. The lowest BCUT2D eigenvalue weighted by Gasteiger charge is -2.35. The first-order valence-electron chi connectivity index (χ1n) is 14.6. The van der Waals surface area contributed by atoms with Crippen molar-refractivity contribution in [2.24, 2.45) is 0 Å². The van der Waals surface area contributed by atoms with Crippen LogP contribution in [-0.4, -0.2) is 108 Å². The van der Waals surface area contributed by atoms with Gasteiger partial charge in [-0.3, -0.25) is 14.4 Å². The van der Waals surface area contributed by atoms with Gasteiger partial charge in [-0.25, -0.2) is 9.78 Å². The van der Waals surface area contributed by atoms with Gasteiger partial charge < -0.3 is 34.6 Å². The Labute approximate surface area is 251 Å². The zero-order valence-electron chi connectivity index (χ0n) is 25.2. The van der Waals surface area contributed by atoms with Gasteiger partial charge in [0.05, 0.1) is 11.8 Å². The number of piperazine rings is 1. The summed E-state index contributed by atoms with van der Waals surface area (Å²) in [5.74, 6) is -1.42. The molecular weight excluding hydrogens is 554 g/mol. The lowest BCUT2D eigenvalue weighted by atomic mass is 10.1. The molecule has 2 saturated heterocycles. The SMILES string of the molecule is CO[C@H]1CCN(c2cc(C(=O)N[C@@H](CCC(=O)OC(C)(C)C)C(=O)N3CCN(C(=O)O)CC3)nc(-c3ccccc3)c2)C1. The Bertz CT molecular complexity index is 1310. The normalized spacial score (nSPS) is 17.9. The van der Waals surface area contributed by atoms with Crippen LogP contribution in [0.4, 0.5) is 10.5 Å². The fourth-order valence-electron chi connectivity index (χ4n) is 5.21. The third-order valence-corrected chi connectivity index (χ3v) is 7.48. The summed E-state index contributed by atoms with van der Waals surface area (Å²) in [4.78, 5) is 60.8. The van der Waals surface area contributed by atoms with Crippen LogP contribution in [0.15, 0.2) is 42.5 Å². The maximum Gasteiger partial charge on any atom is 0.407 e. The molecular formula is C31H41N5O7. The van der Waals surface area contributed by atoms with E-state index in [1.54, 1.807) is 33.9 Å². The molecule has 0 aliphatic carbocycles. The number of nitrogens with zero attached hydrogens (tertiary/aromatic N) is 4. The molecule has 3 amide bonds. The Kier molecular flexibility index (Phi) is 10.2. The van der Waals surface area contributed by atoms with Crippen LogP contribution < -0.4 is 10.2 Å². The molecule has 1 aromatic carbocycles. The van der Waals surface area contributed by atoms with Crippen molar-refractivity contribution >= 4 is 29.6 Å². The molecule has 0 bridgehead atoms. The van der Waals surface area contributed by atoms with Gasteiger partial charge in [0.25, 0.3) is 5.91 Å². The molecule has 0 radical (unpaired) electrons. The Morgan fingerprint density at radius 2 is 1.70 bits per heavy atom. The van der Waals surface area contributed by atoms with E-state index < -0.39 is 29.6 Å². The molecule has 1 aromatic heterocycles. The number of methoxy groups -OCH3 is 1. The highest BCUT2D eigenvalue weighted by Gasteiger charge is 2.32. The number of benzene rings is 1. The third kappa shape index (κ3) is 8.66. The number of ether oxygens (including phenoxy) is 2. The standard InChI is InChI=1S/C31H41N5O7/c1-31(2,3)43-27(37)11-10-24(29(39)34-14-16-35(17-15-34)30(40)41)33-28(38)26-19-22(36-13-12-23(20-36)42-4)18-25(32-26)21-8-6-5-7-9-21/h5-9,18-19,23-24H,10-17,20H2,1-4H3,(H,33,38)(H,40,41)/t23-,24-/m0/s1. The van der Waals surface area contributed by atoms with Gasteiger partial charge >= 0.3 is 12.1 Å². The van der Waals surface area contributed by atoms with Crippen molar-refractivity contribution in [3.05, 3.63) is 48.2 Å². The monoisotopic (exact) mass is 595 g/mol. The smallest absolute Gasteiger partial charge is 0.407 e. The maximum atomic E-state index is 13.7. The number of esters is 1. The summed E-state index contributed by atoms with van der Waals surface area (Å²) in [5, 5.41) is 12.1. The summed E-state index contributed by atoms with van der Waals surface area (Å²) in [7, 11) is 1.69. The number of aromatic nitrogens is 1. The van der Waals surface area contributed by atoms with Crippen molar-refractivity contribution in [2.45, 2.75) is 57.8 Å². The van der Waals surface area contributed by atoms with Crippen LogP contribution in [0.1, 0.15) is 50.5 Å².